The third-order valence-corrected chi connectivity index (χ3v) is 6.60. The Morgan fingerprint density at radius 1 is 0.488 bits per heavy atom. The molecule has 4 aromatic rings. The van der Waals surface area contributed by atoms with Crippen molar-refractivity contribution < 1.29 is 53.2 Å². The summed E-state index contributed by atoms with van der Waals surface area (Å²) in [5.41, 5.74) is -2.10. The molecule has 0 aliphatic heterocycles. The van der Waals surface area contributed by atoms with E-state index in [2.05, 4.69) is 31.9 Å². The summed E-state index contributed by atoms with van der Waals surface area (Å²) in [4.78, 5) is 74.1. The second-order valence-corrected chi connectivity index (χ2v) is 10.3. The second kappa shape index (κ2) is 13.2. The van der Waals surface area contributed by atoms with Crippen molar-refractivity contribution in [1.82, 2.24) is 0 Å². The number of carboxylic acid groups (broad SMARTS) is 2. The van der Waals surface area contributed by atoms with Gasteiger partial charge in [-0.3, -0.25) is 0 Å². The number of carbonyl (C=O) groups is 6. The molecule has 0 amide bonds. The highest BCUT2D eigenvalue weighted by Gasteiger charge is 2.26. The van der Waals surface area contributed by atoms with Gasteiger partial charge in [0.05, 0.1) is 33.4 Å². The van der Waals surface area contributed by atoms with Gasteiger partial charge in [-0.05, 0) is 72.8 Å². The molecular weight excluding hydrogens is 696 g/mol. The summed E-state index contributed by atoms with van der Waals surface area (Å²) < 4.78 is 16.4. The lowest BCUT2D eigenvalue weighted by Crippen LogP contribution is -2.19. The van der Waals surface area contributed by atoms with Gasteiger partial charge in [0.2, 0.25) is 0 Å². The number of rotatable bonds is 8. The zero-order valence-corrected chi connectivity index (χ0v) is 24.6. The van der Waals surface area contributed by atoms with Gasteiger partial charge in [0.15, 0.2) is 0 Å². The Bertz CT molecular complexity index is 1680. The van der Waals surface area contributed by atoms with Gasteiger partial charge in [0, 0.05) is 8.95 Å². The number of aromatic carboxylic acids is 2. The Labute approximate surface area is 258 Å². The predicted molar refractivity (Wildman–Crippen MR) is 155 cm³/mol. The maximum atomic E-state index is 12.8. The average molecular weight is 712 g/mol. The van der Waals surface area contributed by atoms with E-state index in [0.717, 1.165) is 36.4 Å². The number of hydrogen-bond acceptors (Lipinski definition) is 9. The first kappa shape index (κ1) is 30.8. The molecule has 216 valence electrons. The number of benzene rings is 4. The lowest BCUT2D eigenvalue weighted by molar-refractivity contribution is 0.0386. The first-order valence-electron chi connectivity index (χ1n) is 11.9. The molecule has 13 heteroatoms. The van der Waals surface area contributed by atoms with Gasteiger partial charge in [-0.25, -0.2) is 28.8 Å². The minimum atomic E-state index is -1.59. The lowest BCUT2D eigenvalue weighted by atomic mass is 10.1. The number of esters is 4. The fourth-order valence-electron chi connectivity index (χ4n) is 3.64. The molecule has 11 nitrogen and oxygen atoms in total. The topological polar surface area (TPSA) is 171 Å². The van der Waals surface area contributed by atoms with Crippen LogP contribution in [0.25, 0.3) is 0 Å². The first-order chi connectivity index (χ1) is 20.4. The zero-order valence-electron chi connectivity index (χ0n) is 21.4. The largest absolute Gasteiger partial charge is 0.478 e. The van der Waals surface area contributed by atoms with E-state index < -0.39 is 58.1 Å². The highest BCUT2D eigenvalue weighted by molar-refractivity contribution is 9.10. The van der Waals surface area contributed by atoms with Crippen LogP contribution in [0.1, 0.15) is 62.1 Å². The summed E-state index contributed by atoms with van der Waals surface area (Å²) in [6, 6.07) is 18.5. The van der Waals surface area contributed by atoms with Gasteiger partial charge < -0.3 is 24.4 Å². The third kappa shape index (κ3) is 7.58. The van der Waals surface area contributed by atoms with E-state index in [0.29, 0.717) is 8.95 Å². The molecule has 4 rings (SSSR count). The van der Waals surface area contributed by atoms with Crippen molar-refractivity contribution in [2.45, 2.75) is 0 Å². The quantitative estimate of drug-likeness (QED) is 0.124. The molecule has 0 aliphatic rings. The van der Waals surface area contributed by atoms with Crippen molar-refractivity contribution >= 4 is 67.7 Å². The summed E-state index contributed by atoms with van der Waals surface area (Å²) >= 11 is 6.45. The average Bonchev–Trinajstić information content (AvgIpc) is 2.96. The summed E-state index contributed by atoms with van der Waals surface area (Å²) in [7, 11) is 0. The number of ether oxygens (including phenoxy) is 3. The smallest absolute Gasteiger partial charge is 0.346 e. The first-order valence-corrected chi connectivity index (χ1v) is 13.5. The van der Waals surface area contributed by atoms with E-state index in [1.54, 1.807) is 24.3 Å². The number of carbonyl (C=O) groups excluding carboxylic acids is 4. The van der Waals surface area contributed by atoms with Crippen LogP contribution in [0.15, 0.2) is 93.9 Å². The molecule has 0 bridgehead atoms. The van der Waals surface area contributed by atoms with E-state index in [9.17, 15) is 39.0 Å². The Balaban J connectivity index is 1.53. The molecule has 0 fully saturated rings. The van der Waals surface area contributed by atoms with Gasteiger partial charge in [-0.2, -0.15) is 0 Å². The van der Waals surface area contributed by atoms with Crippen LogP contribution in [-0.2, 0) is 4.74 Å². The summed E-state index contributed by atoms with van der Waals surface area (Å²) in [6.45, 7) is 0. The molecule has 0 saturated heterocycles. The molecular formula is C30H16Br2O11. The van der Waals surface area contributed by atoms with Crippen LogP contribution in [0, 0.1) is 0 Å². The van der Waals surface area contributed by atoms with Crippen LogP contribution in [0.3, 0.4) is 0 Å². The lowest BCUT2D eigenvalue weighted by Gasteiger charge is -2.11. The number of carboxylic acids is 2. The zero-order chi connectivity index (χ0) is 31.3. The van der Waals surface area contributed by atoms with Crippen LogP contribution in [0.2, 0.25) is 0 Å². The van der Waals surface area contributed by atoms with Crippen molar-refractivity contribution in [3.8, 4) is 11.5 Å². The minimum absolute atomic E-state index is 0.170. The molecule has 0 spiro atoms. The van der Waals surface area contributed by atoms with Crippen molar-refractivity contribution in [3.63, 3.8) is 0 Å². The Morgan fingerprint density at radius 3 is 1.23 bits per heavy atom. The fraction of sp³-hybridized carbons (Fsp3) is 0. The molecule has 0 heterocycles. The van der Waals surface area contributed by atoms with E-state index in [4.69, 9.17) is 14.2 Å². The van der Waals surface area contributed by atoms with Gasteiger partial charge in [-0.15, -0.1) is 0 Å². The molecule has 4 aromatic carbocycles. The van der Waals surface area contributed by atoms with Gasteiger partial charge in [0.1, 0.15) is 11.5 Å². The SMILES string of the molecule is O=C(Oc1ccc(C(=O)OC(=O)c2ccc(OC(=O)c3cccc(Br)c3)cc2C(=O)O)c(C(=O)O)c1)c1cccc(Br)c1. The van der Waals surface area contributed by atoms with E-state index in [-0.39, 0.29) is 22.6 Å². The van der Waals surface area contributed by atoms with Crippen molar-refractivity contribution in [2.75, 3.05) is 0 Å². The van der Waals surface area contributed by atoms with Crippen molar-refractivity contribution in [2.24, 2.45) is 0 Å². The summed E-state index contributed by atoms with van der Waals surface area (Å²) in [5.74, 6) is -8.00. The third-order valence-electron chi connectivity index (χ3n) is 5.61. The predicted octanol–water partition coefficient (Wildman–Crippen LogP) is 6.04. The van der Waals surface area contributed by atoms with Gasteiger partial charge in [-0.1, -0.05) is 44.0 Å². The van der Waals surface area contributed by atoms with Crippen molar-refractivity contribution in [1.29, 1.82) is 0 Å². The van der Waals surface area contributed by atoms with Crippen LogP contribution < -0.4 is 9.47 Å². The van der Waals surface area contributed by atoms with Crippen LogP contribution in [0.4, 0.5) is 0 Å². The Kier molecular flexibility index (Phi) is 9.48. The van der Waals surface area contributed by atoms with Crippen LogP contribution in [-0.4, -0.2) is 46.0 Å². The van der Waals surface area contributed by atoms with Crippen LogP contribution in [0.5, 0.6) is 11.5 Å². The van der Waals surface area contributed by atoms with Gasteiger partial charge >= 0.3 is 35.8 Å². The number of halogens is 2. The maximum Gasteiger partial charge on any atom is 0.346 e. The molecule has 2 N–H and O–H groups in total. The van der Waals surface area contributed by atoms with Crippen molar-refractivity contribution in [3.05, 3.63) is 127 Å². The molecule has 0 atom stereocenters. The molecule has 0 unspecified atom stereocenters. The normalized spacial score (nSPS) is 10.4. The monoisotopic (exact) mass is 710 g/mol. The van der Waals surface area contributed by atoms with Gasteiger partial charge in [0.25, 0.3) is 0 Å². The highest BCUT2D eigenvalue weighted by Crippen LogP contribution is 2.24. The maximum absolute atomic E-state index is 12.8. The van der Waals surface area contributed by atoms with E-state index in [1.807, 2.05) is 0 Å². The standard InChI is InChI=1S/C30H16Br2O11/c31-17-5-1-3-15(11-17)27(37)41-19-7-9-21(23(13-19)25(33)34)29(39)43-30(40)22-10-8-20(14-24(22)26(35)36)42-28(38)16-4-2-6-18(32)12-16/h1-14H,(H,33,34)(H,35,36). The number of hydrogen-bond donors (Lipinski definition) is 2. The van der Waals surface area contributed by atoms with E-state index >= 15 is 0 Å². The fourth-order valence-corrected chi connectivity index (χ4v) is 4.44. The molecule has 43 heavy (non-hydrogen) atoms. The van der Waals surface area contributed by atoms with Crippen LogP contribution >= 0.6 is 31.9 Å². The van der Waals surface area contributed by atoms with E-state index in [1.165, 1.54) is 24.3 Å². The molecule has 0 aliphatic carbocycles. The Morgan fingerprint density at radius 2 is 0.884 bits per heavy atom. The minimum Gasteiger partial charge on any atom is -0.478 e. The Hall–Kier alpha value is -5.14. The molecule has 0 radical (unpaired) electrons. The molecule has 0 saturated carbocycles. The molecule has 0 aromatic heterocycles. The highest BCUT2D eigenvalue weighted by atomic mass is 79.9. The summed E-state index contributed by atoms with van der Waals surface area (Å²) in [5, 5.41) is 19.3. The summed E-state index contributed by atoms with van der Waals surface area (Å²) in [6.07, 6.45) is 0. The second-order valence-electron chi connectivity index (χ2n) is 8.50.